The lowest BCUT2D eigenvalue weighted by atomic mass is 10.1. The van der Waals surface area contributed by atoms with E-state index >= 15 is 0 Å². The van der Waals surface area contributed by atoms with Crippen molar-refractivity contribution in [2.45, 2.75) is 32.6 Å². The van der Waals surface area contributed by atoms with Gasteiger partial charge in [0, 0.05) is 0 Å². The van der Waals surface area contributed by atoms with E-state index in [9.17, 15) is 0 Å². The minimum Gasteiger partial charge on any atom is -0.142 e. The molecule has 0 saturated carbocycles. The molecule has 0 saturated heterocycles. The fourth-order valence-electron chi connectivity index (χ4n) is 1.22. The Morgan fingerprint density at radius 2 is 1.53 bits per heavy atom. The number of aryl methyl sites for hydroxylation is 1. The lowest BCUT2D eigenvalue weighted by molar-refractivity contribution is 0.559. The van der Waals surface area contributed by atoms with Crippen LogP contribution in [0.3, 0.4) is 0 Å². The van der Waals surface area contributed by atoms with Crippen molar-refractivity contribution >= 4 is 10.6 Å². The first-order chi connectivity index (χ1) is 7.16. The summed E-state index contributed by atoms with van der Waals surface area (Å²) in [7, 11) is -3.11. The Labute approximate surface area is 92.2 Å². The van der Waals surface area contributed by atoms with E-state index < -0.39 is 10.6 Å². The molecule has 0 spiro atoms. The van der Waals surface area contributed by atoms with Crippen molar-refractivity contribution in [1.82, 2.24) is 0 Å². The van der Waals surface area contributed by atoms with Crippen molar-refractivity contribution in [3.8, 4) is 0 Å². The van der Waals surface area contributed by atoms with Crippen LogP contribution in [0.25, 0.3) is 0 Å². The van der Waals surface area contributed by atoms with Gasteiger partial charge in [-0.3, -0.25) is 0 Å². The summed E-state index contributed by atoms with van der Waals surface area (Å²) in [4.78, 5) is 0. The average Bonchev–Trinajstić information content (AvgIpc) is 2.19. The summed E-state index contributed by atoms with van der Waals surface area (Å²) < 4.78 is 25.3. The van der Waals surface area contributed by atoms with Gasteiger partial charge in [0.2, 0.25) is 0 Å². The monoisotopic (exact) mass is 228 g/mol. The van der Waals surface area contributed by atoms with Crippen LogP contribution in [0.5, 0.6) is 0 Å². The standard InChI is InChI=1S/C11H16.O3S/c1-2-3-5-8-11-9-6-4-7-10-11;1-4(2)3/h4,6-7,9-10H,2-3,5,8H2,1H3;. The summed E-state index contributed by atoms with van der Waals surface area (Å²) in [5, 5.41) is 0. The van der Waals surface area contributed by atoms with E-state index in [-0.39, 0.29) is 0 Å². The second-order valence-corrected chi connectivity index (χ2v) is 3.56. The SMILES string of the molecule is CCCCCc1ccccc1.O=S(=O)=O. The van der Waals surface area contributed by atoms with Gasteiger partial charge in [-0.05, 0) is 18.4 Å². The molecule has 0 aliphatic rings. The highest BCUT2D eigenvalue weighted by Gasteiger charge is 1.89. The minimum atomic E-state index is -3.11. The van der Waals surface area contributed by atoms with E-state index in [0.29, 0.717) is 0 Å². The van der Waals surface area contributed by atoms with E-state index in [2.05, 4.69) is 37.3 Å². The quantitative estimate of drug-likeness (QED) is 0.744. The molecule has 1 aromatic carbocycles. The van der Waals surface area contributed by atoms with E-state index in [1.807, 2.05) is 0 Å². The molecule has 0 aromatic heterocycles. The number of rotatable bonds is 4. The van der Waals surface area contributed by atoms with Gasteiger partial charge in [0.05, 0.1) is 0 Å². The molecule has 0 unspecified atom stereocenters. The lowest BCUT2D eigenvalue weighted by Gasteiger charge is -1.98. The van der Waals surface area contributed by atoms with Gasteiger partial charge in [0.25, 0.3) is 0 Å². The maximum atomic E-state index is 8.44. The minimum absolute atomic E-state index is 1.24. The number of hydrogen-bond donors (Lipinski definition) is 0. The van der Waals surface area contributed by atoms with Crippen LogP contribution in [-0.4, -0.2) is 12.6 Å². The molecule has 0 amide bonds. The first-order valence-corrected chi connectivity index (χ1v) is 5.97. The molecular formula is C11H16O3S. The summed E-state index contributed by atoms with van der Waals surface area (Å²) in [6, 6.07) is 10.7. The third-order valence-electron chi connectivity index (χ3n) is 1.91. The van der Waals surface area contributed by atoms with E-state index in [1.54, 1.807) is 0 Å². The van der Waals surface area contributed by atoms with Crippen molar-refractivity contribution in [3.05, 3.63) is 35.9 Å². The first kappa shape index (κ1) is 13.8. The topological polar surface area (TPSA) is 51.2 Å². The second-order valence-electron chi connectivity index (χ2n) is 3.15. The smallest absolute Gasteiger partial charge is 0.142 e. The normalized spacial score (nSPS) is 8.87. The van der Waals surface area contributed by atoms with Gasteiger partial charge in [-0.15, -0.1) is 12.6 Å². The molecular weight excluding hydrogens is 212 g/mol. The molecule has 1 rings (SSSR count). The predicted octanol–water partition coefficient (Wildman–Crippen LogP) is 2.42. The molecule has 3 nitrogen and oxygen atoms in total. The van der Waals surface area contributed by atoms with Gasteiger partial charge in [-0.2, -0.15) is 0 Å². The summed E-state index contributed by atoms with van der Waals surface area (Å²) in [6.45, 7) is 2.24. The van der Waals surface area contributed by atoms with Crippen molar-refractivity contribution in [3.63, 3.8) is 0 Å². The van der Waals surface area contributed by atoms with Crippen LogP contribution in [0.15, 0.2) is 30.3 Å². The summed E-state index contributed by atoms with van der Waals surface area (Å²) >= 11 is 0. The van der Waals surface area contributed by atoms with Crippen molar-refractivity contribution in [2.75, 3.05) is 0 Å². The molecule has 0 bridgehead atoms. The third-order valence-corrected chi connectivity index (χ3v) is 1.91. The molecule has 0 atom stereocenters. The zero-order valence-corrected chi connectivity index (χ0v) is 9.66. The lowest BCUT2D eigenvalue weighted by Crippen LogP contribution is -1.83. The fourth-order valence-corrected chi connectivity index (χ4v) is 1.22. The maximum Gasteiger partial charge on any atom is 0.425 e. The Balaban J connectivity index is 0.000000423. The molecule has 0 aliphatic heterocycles. The van der Waals surface area contributed by atoms with Crippen molar-refractivity contribution in [2.24, 2.45) is 0 Å². The highest BCUT2D eigenvalue weighted by molar-refractivity contribution is 7.59. The molecule has 4 heteroatoms. The van der Waals surface area contributed by atoms with Gasteiger partial charge in [-0.25, -0.2) is 0 Å². The van der Waals surface area contributed by atoms with Gasteiger partial charge in [-0.1, -0.05) is 50.1 Å². The Bertz CT molecular complexity index is 335. The highest BCUT2D eigenvalue weighted by Crippen LogP contribution is 2.05. The molecule has 0 radical (unpaired) electrons. The number of benzene rings is 1. The fraction of sp³-hybridized carbons (Fsp3) is 0.455. The predicted molar refractivity (Wildman–Crippen MR) is 59.4 cm³/mol. The van der Waals surface area contributed by atoms with Crippen molar-refractivity contribution in [1.29, 1.82) is 0 Å². The van der Waals surface area contributed by atoms with E-state index in [0.717, 1.165) is 0 Å². The van der Waals surface area contributed by atoms with Crippen LogP contribution in [0.4, 0.5) is 0 Å². The third kappa shape index (κ3) is 10.8. The molecule has 84 valence electrons. The summed E-state index contributed by atoms with van der Waals surface area (Å²) in [5.41, 5.74) is 1.47. The molecule has 0 fully saturated rings. The Kier molecular flexibility index (Phi) is 8.67. The van der Waals surface area contributed by atoms with Crippen molar-refractivity contribution < 1.29 is 12.6 Å². The zero-order valence-electron chi connectivity index (χ0n) is 8.85. The van der Waals surface area contributed by atoms with E-state index in [1.165, 1.54) is 31.2 Å². The summed E-state index contributed by atoms with van der Waals surface area (Å²) in [6.07, 6.45) is 5.25. The molecule has 0 heterocycles. The van der Waals surface area contributed by atoms with Crippen LogP contribution >= 0.6 is 0 Å². The average molecular weight is 228 g/mol. The Morgan fingerprint density at radius 1 is 1.00 bits per heavy atom. The molecule has 15 heavy (non-hydrogen) atoms. The van der Waals surface area contributed by atoms with Crippen LogP contribution in [0, 0.1) is 0 Å². The second kappa shape index (κ2) is 9.40. The Morgan fingerprint density at radius 3 is 2.00 bits per heavy atom. The largest absolute Gasteiger partial charge is 0.425 e. The molecule has 1 aromatic rings. The maximum absolute atomic E-state index is 8.44. The number of unbranched alkanes of at least 4 members (excludes halogenated alkanes) is 2. The van der Waals surface area contributed by atoms with Gasteiger partial charge < -0.3 is 0 Å². The summed E-state index contributed by atoms with van der Waals surface area (Å²) in [5.74, 6) is 0. The molecule has 0 N–H and O–H groups in total. The van der Waals surface area contributed by atoms with Crippen LogP contribution < -0.4 is 0 Å². The van der Waals surface area contributed by atoms with Gasteiger partial charge in [0.1, 0.15) is 0 Å². The van der Waals surface area contributed by atoms with Gasteiger partial charge >= 0.3 is 10.6 Å². The van der Waals surface area contributed by atoms with Crippen LogP contribution in [-0.2, 0) is 17.0 Å². The van der Waals surface area contributed by atoms with Gasteiger partial charge in [0.15, 0.2) is 0 Å². The van der Waals surface area contributed by atoms with Crippen LogP contribution in [0.2, 0.25) is 0 Å². The first-order valence-electron chi connectivity index (χ1n) is 4.97. The van der Waals surface area contributed by atoms with Crippen LogP contribution in [0.1, 0.15) is 31.7 Å². The highest BCUT2D eigenvalue weighted by atomic mass is 32.2. The zero-order chi connectivity index (χ0) is 11.5. The Hall–Kier alpha value is -1.16. The number of hydrogen-bond acceptors (Lipinski definition) is 3. The van der Waals surface area contributed by atoms with E-state index in [4.69, 9.17) is 12.6 Å². The molecule has 0 aliphatic carbocycles.